The molecule has 0 saturated heterocycles. The molecule has 15 heavy (non-hydrogen) atoms. The van der Waals surface area contributed by atoms with Gasteiger partial charge in [-0.1, -0.05) is 13.8 Å². The summed E-state index contributed by atoms with van der Waals surface area (Å²) in [7, 11) is 0. The number of hydrogen-bond acceptors (Lipinski definition) is 3. The summed E-state index contributed by atoms with van der Waals surface area (Å²) in [5.41, 5.74) is 5.69. The Morgan fingerprint density at radius 3 is 2.00 bits per heavy atom. The van der Waals surface area contributed by atoms with Crippen LogP contribution < -0.4 is 5.73 Å². The topological polar surface area (TPSA) is 83.6 Å². The Balaban J connectivity index is 4.62. The second-order valence-electron chi connectivity index (χ2n) is 4.22. The van der Waals surface area contributed by atoms with E-state index in [-0.39, 0.29) is 24.4 Å². The quantitative estimate of drug-likeness (QED) is 0.692. The molecule has 0 aromatic rings. The molecule has 0 heterocycles. The van der Waals surface area contributed by atoms with Crippen molar-refractivity contribution in [1.29, 1.82) is 0 Å². The lowest BCUT2D eigenvalue weighted by atomic mass is 10.0. The normalized spacial score (nSPS) is 13.0. The van der Waals surface area contributed by atoms with E-state index in [0.29, 0.717) is 0 Å². The standard InChI is InChI=1S/C10H20N2O3/c1-6(2)9(11)10(15)12(7(3)4)5-8(13)14/h6-7,9H,5,11H2,1-4H3,(H,13,14). The van der Waals surface area contributed by atoms with Gasteiger partial charge >= 0.3 is 5.97 Å². The van der Waals surface area contributed by atoms with Gasteiger partial charge in [-0.3, -0.25) is 9.59 Å². The van der Waals surface area contributed by atoms with Crippen LogP contribution in [0.2, 0.25) is 0 Å². The van der Waals surface area contributed by atoms with Gasteiger partial charge in [-0.25, -0.2) is 0 Å². The predicted molar refractivity (Wildman–Crippen MR) is 57.3 cm³/mol. The number of nitrogens with zero attached hydrogens (tertiary/aromatic N) is 1. The molecule has 1 amide bonds. The van der Waals surface area contributed by atoms with E-state index in [1.807, 2.05) is 13.8 Å². The van der Waals surface area contributed by atoms with Crippen LogP contribution in [0.5, 0.6) is 0 Å². The third-order valence-corrected chi connectivity index (χ3v) is 2.22. The number of aliphatic carboxylic acids is 1. The molecule has 0 fully saturated rings. The fraction of sp³-hybridized carbons (Fsp3) is 0.800. The monoisotopic (exact) mass is 216 g/mol. The number of carboxylic acids is 1. The Bertz CT molecular complexity index is 239. The molecule has 0 aromatic heterocycles. The zero-order valence-corrected chi connectivity index (χ0v) is 9.73. The molecule has 5 heteroatoms. The van der Waals surface area contributed by atoms with Crippen LogP contribution >= 0.6 is 0 Å². The molecule has 0 aromatic carbocycles. The van der Waals surface area contributed by atoms with E-state index in [0.717, 1.165) is 0 Å². The molecule has 0 aliphatic rings. The fourth-order valence-corrected chi connectivity index (χ4v) is 1.14. The van der Waals surface area contributed by atoms with E-state index >= 15 is 0 Å². The molecule has 0 saturated carbocycles. The Labute approximate surface area is 90.2 Å². The van der Waals surface area contributed by atoms with E-state index in [1.54, 1.807) is 13.8 Å². The summed E-state index contributed by atoms with van der Waals surface area (Å²) in [6.45, 7) is 6.92. The van der Waals surface area contributed by atoms with E-state index in [4.69, 9.17) is 10.8 Å². The largest absolute Gasteiger partial charge is 0.480 e. The number of hydrogen-bond donors (Lipinski definition) is 2. The second kappa shape index (κ2) is 5.70. The van der Waals surface area contributed by atoms with E-state index in [1.165, 1.54) is 4.90 Å². The van der Waals surface area contributed by atoms with Gasteiger partial charge in [0.25, 0.3) is 0 Å². The lowest BCUT2D eigenvalue weighted by Gasteiger charge is -2.29. The molecule has 88 valence electrons. The first-order valence-electron chi connectivity index (χ1n) is 5.05. The maximum atomic E-state index is 11.8. The van der Waals surface area contributed by atoms with Crippen molar-refractivity contribution in [3.8, 4) is 0 Å². The first-order valence-corrected chi connectivity index (χ1v) is 5.05. The van der Waals surface area contributed by atoms with Crippen molar-refractivity contribution < 1.29 is 14.7 Å². The number of carboxylic acid groups (broad SMARTS) is 1. The molecule has 3 N–H and O–H groups in total. The third-order valence-electron chi connectivity index (χ3n) is 2.22. The Morgan fingerprint density at radius 2 is 1.73 bits per heavy atom. The van der Waals surface area contributed by atoms with Gasteiger partial charge in [0.15, 0.2) is 0 Å². The summed E-state index contributed by atoms with van der Waals surface area (Å²) in [5, 5.41) is 8.67. The summed E-state index contributed by atoms with van der Waals surface area (Å²) < 4.78 is 0. The first kappa shape index (κ1) is 13.9. The van der Waals surface area contributed by atoms with Gasteiger partial charge < -0.3 is 15.7 Å². The first-order chi connectivity index (χ1) is 6.77. The van der Waals surface area contributed by atoms with Crippen LogP contribution in [0.15, 0.2) is 0 Å². The van der Waals surface area contributed by atoms with Crippen molar-refractivity contribution in [1.82, 2.24) is 4.90 Å². The van der Waals surface area contributed by atoms with Crippen molar-refractivity contribution in [2.75, 3.05) is 6.54 Å². The van der Waals surface area contributed by atoms with Crippen LogP contribution in [-0.2, 0) is 9.59 Å². The molecule has 0 rings (SSSR count). The molecule has 1 atom stereocenters. The van der Waals surface area contributed by atoms with Gasteiger partial charge in [0, 0.05) is 6.04 Å². The van der Waals surface area contributed by atoms with Gasteiger partial charge in [-0.2, -0.15) is 0 Å². The number of nitrogens with two attached hydrogens (primary N) is 1. The van der Waals surface area contributed by atoms with Crippen LogP contribution in [0.3, 0.4) is 0 Å². The lowest BCUT2D eigenvalue weighted by molar-refractivity contribution is -0.146. The second-order valence-corrected chi connectivity index (χ2v) is 4.22. The number of rotatable bonds is 5. The Kier molecular flexibility index (Phi) is 5.28. The van der Waals surface area contributed by atoms with Crippen molar-refractivity contribution in [2.45, 2.75) is 39.8 Å². The van der Waals surface area contributed by atoms with Crippen LogP contribution in [-0.4, -0.2) is 40.5 Å². The molecule has 0 aliphatic carbocycles. The predicted octanol–water partition coefficient (Wildman–Crippen LogP) is 0.291. The number of carbonyl (C=O) groups is 2. The Hall–Kier alpha value is -1.10. The Morgan fingerprint density at radius 1 is 1.27 bits per heavy atom. The van der Waals surface area contributed by atoms with Gasteiger partial charge in [-0.05, 0) is 19.8 Å². The summed E-state index contributed by atoms with van der Waals surface area (Å²) >= 11 is 0. The molecule has 5 nitrogen and oxygen atoms in total. The van der Waals surface area contributed by atoms with Crippen LogP contribution in [0.25, 0.3) is 0 Å². The van der Waals surface area contributed by atoms with Crippen LogP contribution in [0, 0.1) is 5.92 Å². The minimum atomic E-state index is -1.02. The van der Waals surface area contributed by atoms with Crippen molar-refractivity contribution >= 4 is 11.9 Å². The summed E-state index contributed by atoms with van der Waals surface area (Å²) in [6.07, 6.45) is 0. The number of carbonyl (C=O) groups excluding carboxylic acids is 1. The molecule has 0 bridgehead atoms. The molecule has 0 spiro atoms. The SMILES string of the molecule is CC(C)C(N)C(=O)N(CC(=O)O)C(C)C. The third kappa shape index (κ3) is 4.29. The minimum absolute atomic E-state index is 0.00699. The minimum Gasteiger partial charge on any atom is -0.480 e. The molecular weight excluding hydrogens is 196 g/mol. The molecular formula is C10H20N2O3. The van der Waals surface area contributed by atoms with Crippen LogP contribution in [0.4, 0.5) is 0 Å². The lowest BCUT2D eigenvalue weighted by Crippen LogP contribution is -2.50. The van der Waals surface area contributed by atoms with Gasteiger partial charge in [0.2, 0.25) is 5.91 Å². The van der Waals surface area contributed by atoms with Crippen LogP contribution in [0.1, 0.15) is 27.7 Å². The van der Waals surface area contributed by atoms with Crippen molar-refractivity contribution in [3.63, 3.8) is 0 Å². The van der Waals surface area contributed by atoms with E-state index in [9.17, 15) is 9.59 Å². The molecule has 1 unspecified atom stereocenters. The maximum Gasteiger partial charge on any atom is 0.323 e. The summed E-state index contributed by atoms with van der Waals surface area (Å²) in [6, 6.07) is -0.787. The smallest absolute Gasteiger partial charge is 0.323 e. The van der Waals surface area contributed by atoms with Gasteiger partial charge in [0.1, 0.15) is 6.54 Å². The maximum absolute atomic E-state index is 11.8. The highest BCUT2D eigenvalue weighted by atomic mass is 16.4. The summed E-state index contributed by atoms with van der Waals surface area (Å²) in [4.78, 5) is 23.7. The average molecular weight is 216 g/mol. The van der Waals surface area contributed by atoms with Crippen molar-refractivity contribution in [2.24, 2.45) is 11.7 Å². The number of amides is 1. The van der Waals surface area contributed by atoms with E-state index in [2.05, 4.69) is 0 Å². The average Bonchev–Trinajstić information content (AvgIpc) is 2.10. The highest BCUT2D eigenvalue weighted by molar-refractivity contribution is 5.85. The highest BCUT2D eigenvalue weighted by Crippen LogP contribution is 2.06. The molecule has 0 radical (unpaired) electrons. The van der Waals surface area contributed by atoms with Crippen molar-refractivity contribution in [3.05, 3.63) is 0 Å². The van der Waals surface area contributed by atoms with Gasteiger partial charge in [-0.15, -0.1) is 0 Å². The zero-order valence-electron chi connectivity index (χ0n) is 9.73. The zero-order chi connectivity index (χ0) is 12.2. The summed E-state index contributed by atoms with van der Waals surface area (Å²) in [5.74, 6) is -1.32. The van der Waals surface area contributed by atoms with E-state index < -0.39 is 12.0 Å². The van der Waals surface area contributed by atoms with Gasteiger partial charge in [0.05, 0.1) is 6.04 Å². The highest BCUT2D eigenvalue weighted by Gasteiger charge is 2.26. The fourth-order valence-electron chi connectivity index (χ4n) is 1.14. The molecule has 0 aliphatic heterocycles.